The molecule has 7 nitrogen and oxygen atoms in total. The maximum atomic E-state index is 13.4. The molecule has 0 aliphatic heterocycles. The number of aromatic nitrogens is 3. The molecule has 5 aromatic rings. The van der Waals surface area contributed by atoms with Crippen molar-refractivity contribution in [2.45, 2.75) is 18.7 Å². The molecule has 0 saturated carbocycles. The number of hydrogen-bond donors (Lipinski definition) is 1. The van der Waals surface area contributed by atoms with E-state index in [9.17, 15) is 13.2 Å². The Morgan fingerprint density at radius 3 is 2.39 bits per heavy atom. The van der Waals surface area contributed by atoms with Crippen LogP contribution < -0.4 is 5.56 Å². The fourth-order valence-corrected chi connectivity index (χ4v) is 5.87. The Morgan fingerprint density at radius 1 is 0.917 bits per heavy atom. The van der Waals surface area contributed by atoms with Crippen molar-refractivity contribution in [3.8, 4) is 5.69 Å². The minimum absolute atomic E-state index is 0.155. The molecular formula is C28H26N4O3S. The highest BCUT2D eigenvalue weighted by Gasteiger charge is 2.22. The van der Waals surface area contributed by atoms with Crippen LogP contribution in [0.3, 0.4) is 0 Å². The predicted molar refractivity (Wildman–Crippen MR) is 145 cm³/mol. The van der Waals surface area contributed by atoms with Crippen LogP contribution in [-0.4, -0.2) is 40.3 Å². The summed E-state index contributed by atoms with van der Waals surface area (Å²) in [5, 5.41) is 1.31. The minimum Gasteiger partial charge on any atom is -0.361 e. The van der Waals surface area contributed by atoms with E-state index in [1.54, 1.807) is 34.9 Å². The Labute approximate surface area is 209 Å². The smallest absolute Gasteiger partial charge is 0.266 e. The van der Waals surface area contributed by atoms with E-state index in [-0.39, 0.29) is 10.5 Å². The van der Waals surface area contributed by atoms with E-state index in [2.05, 4.69) is 4.98 Å². The molecule has 0 atom stereocenters. The summed E-state index contributed by atoms with van der Waals surface area (Å²) in [4.78, 5) is 21.6. The fraction of sp³-hybridized carbons (Fsp3) is 0.143. The standard InChI is InChI=1S/C28H26N4O3S/c1-3-31(4-2)36(34,35)22-15-16-25-24(18-22)20(19-29-25)14-17-27-30-26-13-9-8-12-23(26)28(33)32(27)21-10-6-5-7-11-21/h5-19,29H,3-4H2,1-2H3/b17-14-. The molecule has 0 aliphatic rings. The van der Waals surface area contributed by atoms with Crippen LogP contribution in [0.1, 0.15) is 25.2 Å². The lowest BCUT2D eigenvalue weighted by Gasteiger charge is -2.18. The highest BCUT2D eigenvalue weighted by atomic mass is 32.2. The molecule has 0 aliphatic carbocycles. The summed E-state index contributed by atoms with van der Waals surface area (Å²) < 4.78 is 29.2. The number of benzene rings is 3. The number of aromatic amines is 1. The lowest BCUT2D eigenvalue weighted by molar-refractivity contribution is 0.445. The third-order valence-electron chi connectivity index (χ3n) is 6.26. The number of nitrogens with zero attached hydrogens (tertiary/aromatic N) is 3. The number of nitrogens with one attached hydrogen (secondary N) is 1. The maximum Gasteiger partial charge on any atom is 0.266 e. The molecule has 0 radical (unpaired) electrons. The van der Waals surface area contributed by atoms with Crippen LogP contribution in [0.2, 0.25) is 0 Å². The van der Waals surface area contributed by atoms with Crippen molar-refractivity contribution in [3.63, 3.8) is 0 Å². The van der Waals surface area contributed by atoms with Crippen LogP contribution in [0.15, 0.2) is 88.7 Å². The van der Waals surface area contributed by atoms with Crippen LogP contribution in [-0.2, 0) is 10.0 Å². The molecule has 1 N–H and O–H groups in total. The van der Waals surface area contributed by atoms with Gasteiger partial charge in [-0.3, -0.25) is 9.36 Å². The average Bonchev–Trinajstić information content (AvgIpc) is 3.31. The number of fused-ring (bicyclic) bond motifs is 2. The van der Waals surface area contributed by atoms with Gasteiger partial charge in [0.05, 0.1) is 21.5 Å². The minimum atomic E-state index is -3.59. The highest BCUT2D eigenvalue weighted by Crippen LogP contribution is 2.26. The molecule has 0 saturated heterocycles. The van der Waals surface area contributed by atoms with Gasteiger partial charge in [0.1, 0.15) is 5.82 Å². The third-order valence-corrected chi connectivity index (χ3v) is 8.30. The zero-order chi connectivity index (χ0) is 25.3. The Hall–Kier alpha value is -4.01. The molecule has 3 aromatic carbocycles. The molecule has 0 amide bonds. The molecule has 2 heterocycles. The van der Waals surface area contributed by atoms with E-state index in [0.717, 1.165) is 16.5 Å². The van der Waals surface area contributed by atoms with Crippen molar-refractivity contribution in [3.05, 3.63) is 101 Å². The first-order chi connectivity index (χ1) is 17.4. The van der Waals surface area contributed by atoms with Gasteiger partial charge < -0.3 is 4.98 Å². The molecule has 36 heavy (non-hydrogen) atoms. The maximum absolute atomic E-state index is 13.4. The van der Waals surface area contributed by atoms with Crippen molar-refractivity contribution in [1.82, 2.24) is 18.8 Å². The van der Waals surface area contributed by atoms with Crippen LogP contribution in [0.5, 0.6) is 0 Å². The topological polar surface area (TPSA) is 88.1 Å². The lowest BCUT2D eigenvalue weighted by Crippen LogP contribution is -2.30. The first-order valence-electron chi connectivity index (χ1n) is 11.8. The van der Waals surface area contributed by atoms with Gasteiger partial charge in [-0.1, -0.05) is 44.2 Å². The molecule has 5 rings (SSSR count). The second-order valence-electron chi connectivity index (χ2n) is 8.34. The van der Waals surface area contributed by atoms with Gasteiger partial charge in [-0.25, -0.2) is 13.4 Å². The van der Waals surface area contributed by atoms with Crippen molar-refractivity contribution < 1.29 is 8.42 Å². The van der Waals surface area contributed by atoms with Gasteiger partial charge in [0.2, 0.25) is 10.0 Å². The zero-order valence-electron chi connectivity index (χ0n) is 20.0. The van der Waals surface area contributed by atoms with Gasteiger partial charge in [-0.15, -0.1) is 0 Å². The van der Waals surface area contributed by atoms with Gasteiger partial charge in [0.25, 0.3) is 5.56 Å². The molecule has 0 fully saturated rings. The van der Waals surface area contributed by atoms with Crippen molar-refractivity contribution >= 4 is 44.0 Å². The largest absolute Gasteiger partial charge is 0.361 e. The van der Waals surface area contributed by atoms with Crippen LogP contribution in [0.25, 0.3) is 39.6 Å². The molecule has 8 heteroatoms. The van der Waals surface area contributed by atoms with E-state index in [1.807, 2.05) is 74.7 Å². The zero-order valence-corrected chi connectivity index (χ0v) is 20.9. The molecular weight excluding hydrogens is 472 g/mol. The number of sulfonamides is 1. The monoisotopic (exact) mass is 498 g/mol. The molecule has 0 bridgehead atoms. The Bertz CT molecular complexity index is 1750. The van der Waals surface area contributed by atoms with E-state index in [4.69, 9.17) is 4.98 Å². The number of hydrogen-bond acceptors (Lipinski definition) is 4. The summed E-state index contributed by atoms with van der Waals surface area (Å²) in [7, 11) is -3.59. The van der Waals surface area contributed by atoms with E-state index in [1.165, 1.54) is 4.31 Å². The fourth-order valence-electron chi connectivity index (χ4n) is 4.38. The highest BCUT2D eigenvalue weighted by molar-refractivity contribution is 7.89. The summed E-state index contributed by atoms with van der Waals surface area (Å²) in [6.07, 6.45) is 5.46. The normalized spacial score (nSPS) is 12.3. The third kappa shape index (κ3) is 4.14. The van der Waals surface area contributed by atoms with Crippen molar-refractivity contribution in [2.75, 3.05) is 13.1 Å². The summed E-state index contributed by atoms with van der Waals surface area (Å²) in [5.74, 6) is 0.478. The predicted octanol–water partition coefficient (Wildman–Crippen LogP) is 5.07. The van der Waals surface area contributed by atoms with E-state index >= 15 is 0 Å². The summed E-state index contributed by atoms with van der Waals surface area (Å²) in [5.41, 5.74) is 2.79. The number of H-pyrrole nitrogens is 1. The summed E-state index contributed by atoms with van der Waals surface area (Å²) in [6.45, 7) is 4.46. The van der Waals surface area contributed by atoms with Crippen LogP contribution in [0.4, 0.5) is 0 Å². The molecule has 182 valence electrons. The van der Waals surface area contributed by atoms with Crippen LogP contribution >= 0.6 is 0 Å². The number of para-hydroxylation sites is 2. The Kier molecular flexibility index (Phi) is 6.30. The van der Waals surface area contributed by atoms with Crippen molar-refractivity contribution in [1.29, 1.82) is 0 Å². The van der Waals surface area contributed by atoms with Crippen molar-refractivity contribution in [2.24, 2.45) is 0 Å². The van der Waals surface area contributed by atoms with Gasteiger partial charge in [0, 0.05) is 30.2 Å². The quantitative estimate of drug-likeness (QED) is 0.339. The molecule has 0 spiro atoms. The second kappa shape index (κ2) is 9.56. The Balaban J connectivity index is 1.64. The van der Waals surface area contributed by atoms with E-state index in [0.29, 0.717) is 35.5 Å². The van der Waals surface area contributed by atoms with Gasteiger partial charge in [-0.2, -0.15) is 4.31 Å². The number of rotatable bonds is 7. The second-order valence-corrected chi connectivity index (χ2v) is 10.3. The first kappa shape index (κ1) is 23.7. The van der Waals surface area contributed by atoms with Gasteiger partial charge >= 0.3 is 0 Å². The lowest BCUT2D eigenvalue weighted by atomic mass is 10.1. The summed E-state index contributed by atoms with van der Waals surface area (Å²) >= 11 is 0. The van der Waals surface area contributed by atoms with Gasteiger partial charge in [-0.05, 0) is 60.2 Å². The van der Waals surface area contributed by atoms with Gasteiger partial charge in [0.15, 0.2) is 0 Å². The van der Waals surface area contributed by atoms with E-state index < -0.39 is 10.0 Å². The SMILES string of the molecule is CCN(CC)S(=O)(=O)c1ccc2[nH]cc(/C=C\c3nc4ccccc4c(=O)n3-c3ccccc3)c2c1. The Morgan fingerprint density at radius 2 is 1.64 bits per heavy atom. The average molecular weight is 499 g/mol. The molecule has 0 unspecified atom stereocenters. The summed E-state index contributed by atoms with van der Waals surface area (Å²) in [6, 6.07) is 21.7. The first-order valence-corrected chi connectivity index (χ1v) is 13.2. The molecule has 2 aromatic heterocycles. The van der Waals surface area contributed by atoms with Crippen LogP contribution in [0, 0.1) is 0 Å².